The quantitative estimate of drug-likeness (QED) is 0.606. The number of amides is 1. The molecule has 6 heteroatoms. The lowest BCUT2D eigenvalue weighted by Crippen LogP contribution is -2.19. The van der Waals surface area contributed by atoms with Gasteiger partial charge in [-0.05, 0) is 72.3 Å². The molecule has 0 spiro atoms. The van der Waals surface area contributed by atoms with Gasteiger partial charge in [-0.1, -0.05) is 19.1 Å². The number of rotatable bonds is 4. The van der Waals surface area contributed by atoms with E-state index in [0.717, 1.165) is 17.7 Å². The Morgan fingerprint density at radius 2 is 1.86 bits per heavy atom. The molecule has 142 valence electrons. The summed E-state index contributed by atoms with van der Waals surface area (Å²) in [7, 11) is 0. The average Bonchev–Trinajstić information content (AvgIpc) is 3.35. The van der Waals surface area contributed by atoms with E-state index in [-0.39, 0.29) is 5.91 Å². The standard InChI is InChI=1S/C23H17N3O2S/c1-2-15-5-9-18(10-6-15)25-23-26-22(27)21(29-23)13-19-11-12-20(28-19)17-7-3-16(14-24)4-8-17/h3-13H,2H2,1H3,(H,25,26,27)/b21-13+. The highest BCUT2D eigenvalue weighted by Crippen LogP contribution is 2.30. The van der Waals surface area contributed by atoms with Crippen LogP contribution in [-0.4, -0.2) is 11.1 Å². The summed E-state index contributed by atoms with van der Waals surface area (Å²) in [5.41, 5.74) is 3.51. The first-order chi connectivity index (χ1) is 14.1. The molecule has 4 rings (SSSR count). The number of aliphatic imine (C=N–C) groups is 1. The van der Waals surface area contributed by atoms with Gasteiger partial charge in [0.2, 0.25) is 0 Å². The fraction of sp³-hybridized carbons (Fsp3) is 0.0870. The third-order valence-electron chi connectivity index (χ3n) is 4.42. The van der Waals surface area contributed by atoms with E-state index in [2.05, 4.69) is 23.3 Å². The van der Waals surface area contributed by atoms with E-state index in [0.29, 0.717) is 27.2 Å². The fourth-order valence-corrected chi connectivity index (χ4v) is 3.65. The molecule has 1 aromatic heterocycles. The van der Waals surface area contributed by atoms with Gasteiger partial charge in [-0.25, -0.2) is 4.99 Å². The number of nitrogens with zero attached hydrogens (tertiary/aromatic N) is 2. The number of nitrogens with one attached hydrogen (secondary N) is 1. The summed E-state index contributed by atoms with van der Waals surface area (Å²) >= 11 is 1.28. The number of hydrogen-bond donors (Lipinski definition) is 1. The van der Waals surface area contributed by atoms with Crippen molar-refractivity contribution >= 4 is 34.6 Å². The molecule has 0 saturated carbocycles. The number of nitriles is 1. The molecule has 1 saturated heterocycles. The number of aryl methyl sites for hydroxylation is 1. The summed E-state index contributed by atoms with van der Waals surface area (Å²) in [5.74, 6) is 1.06. The molecule has 1 amide bonds. The van der Waals surface area contributed by atoms with E-state index in [1.54, 1.807) is 18.2 Å². The minimum atomic E-state index is -0.199. The second kappa shape index (κ2) is 8.21. The first kappa shape index (κ1) is 18.8. The molecule has 2 aromatic carbocycles. The SMILES string of the molecule is CCc1ccc(N=C2NC(=O)/C(=C\c3ccc(-c4ccc(C#N)cc4)o3)S2)cc1. The molecule has 0 atom stereocenters. The number of hydrogen-bond acceptors (Lipinski definition) is 5. The van der Waals surface area contributed by atoms with Crippen LogP contribution < -0.4 is 5.32 Å². The molecule has 1 fully saturated rings. The lowest BCUT2D eigenvalue weighted by molar-refractivity contribution is -0.115. The van der Waals surface area contributed by atoms with Crippen molar-refractivity contribution in [2.75, 3.05) is 0 Å². The Balaban J connectivity index is 1.51. The molecule has 5 nitrogen and oxygen atoms in total. The molecule has 1 N–H and O–H groups in total. The van der Waals surface area contributed by atoms with Gasteiger partial charge in [0.25, 0.3) is 5.91 Å². The minimum absolute atomic E-state index is 0.199. The van der Waals surface area contributed by atoms with Crippen molar-refractivity contribution in [2.24, 2.45) is 4.99 Å². The second-order valence-electron chi connectivity index (χ2n) is 6.39. The van der Waals surface area contributed by atoms with Crippen molar-refractivity contribution in [3.8, 4) is 17.4 Å². The van der Waals surface area contributed by atoms with Crippen LogP contribution >= 0.6 is 11.8 Å². The smallest absolute Gasteiger partial charge is 0.264 e. The van der Waals surface area contributed by atoms with E-state index in [9.17, 15) is 4.79 Å². The first-order valence-corrected chi connectivity index (χ1v) is 9.95. The Kier molecular flexibility index (Phi) is 5.32. The zero-order valence-electron chi connectivity index (χ0n) is 15.7. The molecule has 0 bridgehead atoms. The Bertz CT molecular complexity index is 1150. The van der Waals surface area contributed by atoms with Crippen LogP contribution in [-0.2, 0) is 11.2 Å². The topological polar surface area (TPSA) is 78.4 Å². The first-order valence-electron chi connectivity index (χ1n) is 9.13. The molecule has 1 aliphatic rings. The Labute approximate surface area is 172 Å². The number of thioether (sulfide) groups is 1. The highest BCUT2D eigenvalue weighted by atomic mass is 32.2. The third-order valence-corrected chi connectivity index (χ3v) is 5.33. The second-order valence-corrected chi connectivity index (χ2v) is 7.42. The van der Waals surface area contributed by atoms with Gasteiger partial charge in [-0.15, -0.1) is 0 Å². The molecule has 0 unspecified atom stereocenters. The molecule has 1 aliphatic heterocycles. The number of carbonyl (C=O) groups is 1. The summed E-state index contributed by atoms with van der Waals surface area (Å²) in [5, 5.41) is 12.2. The van der Waals surface area contributed by atoms with Gasteiger partial charge in [0.05, 0.1) is 22.2 Å². The molecule has 29 heavy (non-hydrogen) atoms. The van der Waals surface area contributed by atoms with Gasteiger partial charge in [0.1, 0.15) is 11.5 Å². The van der Waals surface area contributed by atoms with Crippen molar-refractivity contribution in [3.63, 3.8) is 0 Å². The largest absolute Gasteiger partial charge is 0.457 e. The summed E-state index contributed by atoms with van der Waals surface area (Å²) in [4.78, 5) is 17.3. The van der Waals surface area contributed by atoms with Crippen LogP contribution in [0.1, 0.15) is 23.8 Å². The van der Waals surface area contributed by atoms with Crippen LogP contribution in [0.15, 0.2) is 75.0 Å². The van der Waals surface area contributed by atoms with E-state index in [1.807, 2.05) is 48.5 Å². The van der Waals surface area contributed by atoms with E-state index < -0.39 is 0 Å². The van der Waals surface area contributed by atoms with E-state index in [1.165, 1.54) is 17.3 Å². The van der Waals surface area contributed by atoms with Crippen LogP contribution in [0.4, 0.5) is 5.69 Å². The third kappa shape index (κ3) is 4.31. The van der Waals surface area contributed by atoms with Crippen LogP contribution in [0.25, 0.3) is 17.4 Å². The minimum Gasteiger partial charge on any atom is -0.457 e. The van der Waals surface area contributed by atoms with Gasteiger partial charge >= 0.3 is 0 Å². The number of benzene rings is 2. The van der Waals surface area contributed by atoms with Crippen molar-refractivity contribution in [3.05, 3.63) is 82.5 Å². The van der Waals surface area contributed by atoms with Gasteiger partial charge in [-0.2, -0.15) is 5.26 Å². The highest BCUT2D eigenvalue weighted by molar-refractivity contribution is 8.18. The average molecular weight is 399 g/mol. The molecule has 0 radical (unpaired) electrons. The van der Waals surface area contributed by atoms with E-state index >= 15 is 0 Å². The van der Waals surface area contributed by atoms with E-state index in [4.69, 9.17) is 9.68 Å². The Hall–Kier alpha value is -3.56. The Morgan fingerprint density at radius 3 is 2.55 bits per heavy atom. The summed E-state index contributed by atoms with van der Waals surface area (Å²) < 4.78 is 5.84. The van der Waals surface area contributed by atoms with Gasteiger partial charge in [-0.3, -0.25) is 4.79 Å². The maximum atomic E-state index is 12.3. The van der Waals surface area contributed by atoms with Gasteiger partial charge in [0.15, 0.2) is 5.17 Å². The summed E-state index contributed by atoms with van der Waals surface area (Å²) in [6.07, 6.45) is 2.68. The van der Waals surface area contributed by atoms with Crippen molar-refractivity contribution < 1.29 is 9.21 Å². The molecule has 0 aliphatic carbocycles. The molecular formula is C23H17N3O2S. The Morgan fingerprint density at radius 1 is 1.10 bits per heavy atom. The van der Waals surface area contributed by atoms with Gasteiger partial charge < -0.3 is 9.73 Å². The summed E-state index contributed by atoms with van der Waals surface area (Å²) in [6, 6.07) is 20.8. The highest BCUT2D eigenvalue weighted by Gasteiger charge is 2.24. The van der Waals surface area contributed by atoms with Gasteiger partial charge in [0, 0.05) is 11.6 Å². The lowest BCUT2D eigenvalue weighted by atomic mass is 10.1. The predicted octanol–water partition coefficient (Wildman–Crippen LogP) is 5.27. The zero-order chi connectivity index (χ0) is 20.2. The van der Waals surface area contributed by atoms with Crippen molar-refractivity contribution in [1.82, 2.24) is 5.32 Å². The number of furan rings is 1. The lowest BCUT2D eigenvalue weighted by Gasteiger charge is -1.98. The number of amidine groups is 1. The predicted molar refractivity (Wildman–Crippen MR) is 115 cm³/mol. The molecule has 2 heterocycles. The molecule has 3 aromatic rings. The van der Waals surface area contributed by atoms with Crippen LogP contribution in [0.2, 0.25) is 0 Å². The van der Waals surface area contributed by atoms with Crippen LogP contribution in [0, 0.1) is 11.3 Å². The fourth-order valence-electron chi connectivity index (χ4n) is 2.83. The van der Waals surface area contributed by atoms with Crippen LogP contribution in [0.3, 0.4) is 0 Å². The van der Waals surface area contributed by atoms with Crippen molar-refractivity contribution in [1.29, 1.82) is 5.26 Å². The summed E-state index contributed by atoms with van der Waals surface area (Å²) in [6.45, 7) is 2.10. The zero-order valence-corrected chi connectivity index (χ0v) is 16.5. The van der Waals surface area contributed by atoms with Crippen molar-refractivity contribution in [2.45, 2.75) is 13.3 Å². The number of carbonyl (C=O) groups excluding carboxylic acids is 1. The van der Waals surface area contributed by atoms with Crippen LogP contribution in [0.5, 0.6) is 0 Å². The monoisotopic (exact) mass is 399 g/mol. The normalized spacial score (nSPS) is 16.2. The maximum Gasteiger partial charge on any atom is 0.264 e. The maximum absolute atomic E-state index is 12.3. The molecular weight excluding hydrogens is 382 g/mol.